The van der Waals surface area contributed by atoms with Gasteiger partial charge in [-0.1, -0.05) is 12.1 Å². The lowest BCUT2D eigenvalue weighted by atomic mass is 9.97. The van der Waals surface area contributed by atoms with E-state index in [0.717, 1.165) is 18.4 Å². The third kappa shape index (κ3) is 2.17. The molecule has 0 bridgehead atoms. The van der Waals surface area contributed by atoms with Gasteiger partial charge in [0, 0.05) is 0 Å². The van der Waals surface area contributed by atoms with E-state index in [-0.39, 0.29) is 5.82 Å². The molecule has 80 valence electrons. The summed E-state index contributed by atoms with van der Waals surface area (Å²) < 4.78 is 12.8. The zero-order valence-electron chi connectivity index (χ0n) is 8.37. The minimum absolute atomic E-state index is 0.257. The van der Waals surface area contributed by atoms with Gasteiger partial charge in [-0.2, -0.15) is 0 Å². The Morgan fingerprint density at radius 1 is 1.47 bits per heavy atom. The third-order valence-corrected chi connectivity index (χ3v) is 3.09. The highest BCUT2D eigenvalue weighted by Gasteiger charge is 2.49. The van der Waals surface area contributed by atoms with E-state index in [0.29, 0.717) is 12.8 Å². The maximum absolute atomic E-state index is 12.8. The van der Waals surface area contributed by atoms with Crippen LogP contribution < -0.4 is 0 Å². The SMILES string of the molecule is O=C(O)C1(CCc2cccc(F)c2)CC1. The van der Waals surface area contributed by atoms with Crippen LogP contribution in [0, 0.1) is 11.2 Å². The molecular formula is C12H13FO2. The summed E-state index contributed by atoms with van der Waals surface area (Å²) >= 11 is 0. The number of carboxylic acid groups (broad SMARTS) is 1. The predicted octanol–water partition coefficient (Wildman–Crippen LogP) is 2.62. The number of halogens is 1. The number of aliphatic carboxylic acids is 1. The molecule has 1 aliphatic rings. The van der Waals surface area contributed by atoms with Crippen molar-refractivity contribution in [3.05, 3.63) is 35.6 Å². The second kappa shape index (κ2) is 3.65. The second-order valence-corrected chi connectivity index (χ2v) is 4.22. The molecule has 2 nitrogen and oxygen atoms in total. The highest BCUT2D eigenvalue weighted by atomic mass is 19.1. The lowest BCUT2D eigenvalue weighted by molar-refractivity contribution is -0.143. The Balaban J connectivity index is 1.96. The summed E-state index contributed by atoms with van der Waals surface area (Å²) in [5, 5.41) is 8.96. The molecule has 1 N–H and O–H groups in total. The minimum Gasteiger partial charge on any atom is -0.481 e. The molecule has 1 aliphatic carbocycles. The van der Waals surface area contributed by atoms with Crippen molar-refractivity contribution in [3.63, 3.8) is 0 Å². The van der Waals surface area contributed by atoms with Crippen LogP contribution in [0.3, 0.4) is 0 Å². The molecule has 0 aliphatic heterocycles. The molecule has 0 heterocycles. The Bertz CT molecular complexity index is 383. The summed E-state index contributed by atoms with van der Waals surface area (Å²) in [6, 6.07) is 6.36. The van der Waals surface area contributed by atoms with E-state index >= 15 is 0 Å². The maximum Gasteiger partial charge on any atom is 0.309 e. The second-order valence-electron chi connectivity index (χ2n) is 4.22. The van der Waals surface area contributed by atoms with Crippen molar-refractivity contribution in [1.82, 2.24) is 0 Å². The number of hydrogen-bond donors (Lipinski definition) is 1. The highest BCUT2D eigenvalue weighted by Crippen LogP contribution is 2.49. The molecule has 1 fully saturated rings. The Kier molecular flexibility index (Phi) is 2.47. The molecule has 0 spiro atoms. The molecule has 0 amide bonds. The van der Waals surface area contributed by atoms with Crippen molar-refractivity contribution < 1.29 is 14.3 Å². The summed E-state index contributed by atoms with van der Waals surface area (Å²) in [6.07, 6.45) is 2.78. The van der Waals surface area contributed by atoms with Crippen LogP contribution in [0.15, 0.2) is 24.3 Å². The number of aryl methyl sites for hydroxylation is 1. The van der Waals surface area contributed by atoms with E-state index in [1.165, 1.54) is 12.1 Å². The van der Waals surface area contributed by atoms with Gasteiger partial charge in [-0.05, 0) is 43.4 Å². The van der Waals surface area contributed by atoms with Gasteiger partial charge >= 0.3 is 5.97 Å². The fraction of sp³-hybridized carbons (Fsp3) is 0.417. The zero-order valence-corrected chi connectivity index (χ0v) is 8.37. The van der Waals surface area contributed by atoms with Crippen molar-refractivity contribution in [2.45, 2.75) is 25.7 Å². The Morgan fingerprint density at radius 2 is 2.20 bits per heavy atom. The predicted molar refractivity (Wildman–Crippen MR) is 54.0 cm³/mol. The Morgan fingerprint density at radius 3 is 2.73 bits per heavy atom. The first kappa shape index (κ1) is 10.1. The normalized spacial score (nSPS) is 17.4. The number of hydrogen-bond acceptors (Lipinski definition) is 1. The average molecular weight is 208 g/mol. The lowest BCUT2D eigenvalue weighted by Crippen LogP contribution is -2.15. The first-order chi connectivity index (χ1) is 7.12. The van der Waals surface area contributed by atoms with E-state index in [1.807, 2.05) is 6.07 Å². The molecular weight excluding hydrogens is 195 g/mol. The van der Waals surface area contributed by atoms with E-state index in [2.05, 4.69) is 0 Å². The van der Waals surface area contributed by atoms with Crippen molar-refractivity contribution in [1.29, 1.82) is 0 Å². The summed E-state index contributed by atoms with van der Waals surface area (Å²) in [5.41, 5.74) is 0.370. The quantitative estimate of drug-likeness (QED) is 0.825. The largest absolute Gasteiger partial charge is 0.481 e. The van der Waals surface area contributed by atoms with Gasteiger partial charge in [-0.15, -0.1) is 0 Å². The van der Waals surface area contributed by atoms with Crippen LogP contribution in [0.5, 0.6) is 0 Å². The first-order valence-corrected chi connectivity index (χ1v) is 5.10. The number of rotatable bonds is 4. The van der Waals surface area contributed by atoms with Gasteiger partial charge in [0.2, 0.25) is 0 Å². The molecule has 0 saturated heterocycles. The standard InChI is InChI=1S/C12H13FO2/c13-10-3-1-2-9(8-10)4-5-12(6-7-12)11(14)15/h1-3,8H,4-7H2,(H,14,15). The molecule has 1 aromatic rings. The summed E-state index contributed by atoms with van der Waals surface area (Å²) in [4.78, 5) is 10.9. The van der Waals surface area contributed by atoms with Crippen LogP contribution >= 0.6 is 0 Å². The maximum atomic E-state index is 12.8. The summed E-state index contributed by atoms with van der Waals surface area (Å²) in [7, 11) is 0. The molecule has 0 radical (unpaired) electrons. The van der Waals surface area contributed by atoms with Crippen molar-refractivity contribution in [2.24, 2.45) is 5.41 Å². The van der Waals surface area contributed by atoms with E-state index in [9.17, 15) is 9.18 Å². The van der Waals surface area contributed by atoms with Crippen LogP contribution in [0.25, 0.3) is 0 Å². The average Bonchev–Trinajstić information content (AvgIpc) is 2.96. The van der Waals surface area contributed by atoms with Crippen LogP contribution in [0.4, 0.5) is 4.39 Å². The van der Waals surface area contributed by atoms with Gasteiger partial charge < -0.3 is 5.11 Å². The monoisotopic (exact) mass is 208 g/mol. The van der Waals surface area contributed by atoms with Crippen LogP contribution in [0.1, 0.15) is 24.8 Å². The zero-order chi connectivity index (χ0) is 10.9. The fourth-order valence-electron chi connectivity index (χ4n) is 1.80. The first-order valence-electron chi connectivity index (χ1n) is 5.10. The fourth-order valence-corrected chi connectivity index (χ4v) is 1.80. The summed E-state index contributed by atoms with van der Waals surface area (Å²) in [6.45, 7) is 0. The van der Waals surface area contributed by atoms with E-state index in [4.69, 9.17) is 5.11 Å². The molecule has 1 saturated carbocycles. The molecule has 0 atom stereocenters. The number of benzene rings is 1. The van der Waals surface area contributed by atoms with Gasteiger partial charge in [-0.25, -0.2) is 4.39 Å². The smallest absolute Gasteiger partial charge is 0.309 e. The molecule has 15 heavy (non-hydrogen) atoms. The number of carbonyl (C=O) groups is 1. The van der Waals surface area contributed by atoms with Crippen molar-refractivity contribution >= 4 is 5.97 Å². The van der Waals surface area contributed by atoms with Crippen molar-refractivity contribution in [2.75, 3.05) is 0 Å². The van der Waals surface area contributed by atoms with E-state index in [1.54, 1.807) is 6.07 Å². The molecule has 1 aromatic carbocycles. The molecule has 3 heteroatoms. The lowest BCUT2D eigenvalue weighted by Gasteiger charge is -2.08. The highest BCUT2D eigenvalue weighted by molar-refractivity contribution is 5.77. The van der Waals surface area contributed by atoms with Gasteiger partial charge in [0.15, 0.2) is 0 Å². The van der Waals surface area contributed by atoms with Gasteiger partial charge in [0.1, 0.15) is 5.82 Å². The molecule has 2 rings (SSSR count). The van der Waals surface area contributed by atoms with Crippen LogP contribution in [-0.2, 0) is 11.2 Å². The van der Waals surface area contributed by atoms with Crippen LogP contribution in [0.2, 0.25) is 0 Å². The number of carboxylic acids is 1. The molecule has 0 aromatic heterocycles. The third-order valence-electron chi connectivity index (χ3n) is 3.09. The van der Waals surface area contributed by atoms with Crippen molar-refractivity contribution in [3.8, 4) is 0 Å². The van der Waals surface area contributed by atoms with E-state index < -0.39 is 11.4 Å². The van der Waals surface area contributed by atoms with Gasteiger partial charge in [0.05, 0.1) is 5.41 Å². The van der Waals surface area contributed by atoms with Gasteiger partial charge in [0.25, 0.3) is 0 Å². The van der Waals surface area contributed by atoms with Crippen LogP contribution in [-0.4, -0.2) is 11.1 Å². The Labute approximate surface area is 87.7 Å². The Hall–Kier alpha value is -1.38. The minimum atomic E-state index is -0.709. The molecule has 0 unspecified atom stereocenters. The summed E-state index contributed by atoms with van der Waals surface area (Å²) in [5.74, 6) is -0.966. The van der Waals surface area contributed by atoms with Gasteiger partial charge in [-0.3, -0.25) is 4.79 Å². The topological polar surface area (TPSA) is 37.3 Å².